The van der Waals surface area contributed by atoms with Crippen LogP contribution in [0.15, 0.2) is 66.7 Å². The standard InChI is InChI=1S/C15H11N.2ClH/c1-2-6-12(7-3-1)15-11-10-13-8-4-5-9-14(13)16-15;;/h1-11H;2*1H. The highest BCUT2D eigenvalue weighted by atomic mass is 35.5. The summed E-state index contributed by atoms with van der Waals surface area (Å²) >= 11 is 0. The predicted octanol–water partition coefficient (Wildman–Crippen LogP) is 4.75. The summed E-state index contributed by atoms with van der Waals surface area (Å²) < 4.78 is 0. The third-order valence-corrected chi connectivity index (χ3v) is 2.67. The molecule has 1 nitrogen and oxygen atoms in total. The van der Waals surface area contributed by atoms with Crippen LogP contribution in [0.5, 0.6) is 0 Å². The van der Waals surface area contributed by atoms with Crippen molar-refractivity contribution in [3.8, 4) is 11.3 Å². The molecule has 3 rings (SSSR count). The average Bonchev–Trinajstić information content (AvgIpc) is 2.39. The molecule has 0 spiro atoms. The van der Waals surface area contributed by atoms with Crippen LogP contribution in [-0.2, 0) is 0 Å². The van der Waals surface area contributed by atoms with Gasteiger partial charge in [0, 0.05) is 10.9 Å². The normalized spacial score (nSPS) is 9.33. The Morgan fingerprint density at radius 1 is 0.611 bits per heavy atom. The lowest BCUT2D eigenvalue weighted by molar-refractivity contribution is 1.40. The molecule has 92 valence electrons. The van der Waals surface area contributed by atoms with Crippen molar-refractivity contribution in [2.24, 2.45) is 0 Å². The van der Waals surface area contributed by atoms with Gasteiger partial charge in [0.2, 0.25) is 0 Å². The maximum Gasteiger partial charge on any atom is 0.0709 e. The van der Waals surface area contributed by atoms with Crippen molar-refractivity contribution in [1.29, 1.82) is 0 Å². The SMILES string of the molecule is Cl.Cl.c1ccc(-c2ccc3ccccc3n2)cc1. The fraction of sp³-hybridized carbons (Fsp3) is 0. The number of hydrogen-bond acceptors (Lipinski definition) is 1. The van der Waals surface area contributed by atoms with Crippen molar-refractivity contribution < 1.29 is 0 Å². The second-order valence-corrected chi connectivity index (χ2v) is 3.76. The number of halogens is 2. The molecule has 0 radical (unpaired) electrons. The Hall–Kier alpha value is -1.57. The van der Waals surface area contributed by atoms with Crippen LogP contribution in [0, 0.1) is 0 Å². The zero-order chi connectivity index (χ0) is 10.8. The van der Waals surface area contributed by atoms with E-state index in [4.69, 9.17) is 0 Å². The number of aromatic nitrogens is 1. The Morgan fingerprint density at radius 2 is 1.28 bits per heavy atom. The molecule has 3 aromatic rings. The maximum absolute atomic E-state index is 4.65. The van der Waals surface area contributed by atoms with E-state index in [2.05, 4.69) is 35.3 Å². The summed E-state index contributed by atoms with van der Waals surface area (Å²) in [5, 5.41) is 1.18. The quantitative estimate of drug-likeness (QED) is 0.626. The smallest absolute Gasteiger partial charge is 0.0709 e. The molecule has 0 saturated carbocycles. The highest BCUT2D eigenvalue weighted by molar-refractivity contribution is 5.85. The lowest BCUT2D eigenvalue weighted by Crippen LogP contribution is -1.84. The molecule has 18 heavy (non-hydrogen) atoms. The Kier molecular flexibility index (Phi) is 5.14. The van der Waals surface area contributed by atoms with Gasteiger partial charge in [-0.25, -0.2) is 4.98 Å². The average molecular weight is 278 g/mol. The van der Waals surface area contributed by atoms with E-state index in [9.17, 15) is 0 Å². The van der Waals surface area contributed by atoms with Gasteiger partial charge in [-0.15, -0.1) is 24.8 Å². The van der Waals surface area contributed by atoms with Crippen molar-refractivity contribution in [3.05, 3.63) is 66.7 Å². The molecular weight excluding hydrogens is 265 g/mol. The van der Waals surface area contributed by atoms with Crippen molar-refractivity contribution >= 4 is 35.7 Å². The molecule has 2 aromatic carbocycles. The summed E-state index contributed by atoms with van der Waals surface area (Å²) in [5.41, 5.74) is 3.23. The van der Waals surface area contributed by atoms with Gasteiger partial charge in [0.05, 0.1) is 11.2 Å². The van der Waals surface area contributed by atoms with E-state index < -0.39 is 0 Å². The third-order valence-electron chi connectivity index (χ3n) is 2.67. The fourth-order valence-electron chi connectivity index (χ4n) is 1.84. The number of rotatable bonds is 1. The maximum atomic E-state index is 4.65. The zero-order valence-electron chi connectivity index (χ0n) is 9.61. The molecular formula is C15H13Cl2N. The van der Waals surface area contributed by atoms with E-state index >= 15 is 0 Å². The molecule has 0 aliphatic rings. The van der Waals surface area contributed by atoms with Gasteiger partial charge < -0.3 is 0 Å². The van der Waals surface area contributed by atoms with Gasteiger partial charge in [-0.3, -0.25) is 0 Å². The molecule has 0 N–H and O–H groups in total. The van der Waals surface area contributed by atoms with Crippen LogP contribution in [0.3, 0.4) is 0 Å². The second kappa shape index (κ2) is 6.39. The number of pyridine rings is 1. The summed E-state index contributed by atoms with van der Waals surface area (Å²) in [6.45, 7) is 0. The summed E-state index contributed by atoms with van der Waals surface area (Å²) in [6, 6.07) is 22.6. The molecule has 0 atom stereocenters. The summed E-state index contributed by atoms with van der Waals surface area (Å²) in [6.07, 6.45) is 0. The van der Waals surface area contributed by atoms with Gasteiger partial charge in [-0.05, 0) is 12.1 Å². The van der Waals surface area contributed by atoms with E-state index in [1.165, 1.54) is 5.39 Å². The van der Waals surface area contributed by atoms with E-state index in [0.717, 1.165) is 16.8 Å². The minimum Gasteiger partial charge on any atom is -0.248 e. The third kappa shape index (κ3) is 2.81. The van der Waals surface area contributed by atoms with Crippen LogP contribution in [0.25, 0.3) is 22.2 Å². The number of benzene rings is 2. The molecule has 0 bridgehead atoms. The minimum atomic E-state index is 0. The van der Waals surface area contributed by atoms with Crippen molar-refractivity contribution in [2.75, 3.05) is 0 Å². The van der Waals surface area contributed by atoms with Crippen LogP contribution >= 0.6 is 24.8 Å². The molecule has 0 saturated heterocycles. The van der Waals surface area contributed by atoms with Gasteiger partial charge >= 0.3 is 0 Å². The van der Waals surface area contributed by atoms with Crippen LogP contribution in [0.2, 0.25) is 0 Å². The Bertz CT molecular complexity index is 623. The van der Waals surface area contributed by atoms with Gasteiger partial charge in [-0.2, -0.15) is 0 Å². The Morgan fingerprint density at radius 3 is 2.06 bits per heavy atom. The van der Waals surface area contributed by atoms with E-state index in [-0.39, 0.29) is 24.8 Å². The van der Waals surface area contributed by atoms with E-state index in [1.54, 1.807) is 0 Å². The first-order valence-electron chi connectivity index (χ1n) is 5.35. The lowest BCUT2D eigenvalue weighted by atomic mass is 10.1. The van der Waals surface area contributed by atoms with Crippen LogP contribution in [-0.4, -0.2) is 4.98 Å². The first-order chi connectivity index (χ1) is 7.93. The Labute approximate surface area is 119 Å². The molecule has 0 amide bonds. The molecule has 1 heterocycles. The summed E-state index contributed by atoms with van der Waals surface area (Å²) in [7, 11) is 0. The summed E-state index contributed by atoms with van der Waals surface area (Å²) in [5.74, 6) is 0. The van der Waals surface area contributed by atoms with E-state index in [0.29, 0.717) is 0 Å². The molecule has 3 heteroatoms. The van der Waals surface area contributed by atoms with Gasteiger partial charge in [0.1, 0.15) is 0 Å². The summed E-state index contributed by atoms with van der Waals surface area (Å²) in [4.78, 5) is 4.65. The molecule has 0 aliphatic heterocycles. The monoisotopic (exact) mass is 277 g/mol. The van der Waals surface area contributed by atoms with Gasteiger partial charge in [0.15, 0.2) is 0 Å². The fourth-order valence-corrected chi connectivity index (χ4v) is 1.84. The van der Waals surface area contributed by atoms with Crippen LogP contribution in [0.1, 0.15) is 0 Å². The van der Waals surface area contributed by atoms with Crippen LogP contribution in [0.4, 0.5) is 0 Å². The molecule has 1 aromatic heterocycles. The molecule has 0 fully saturated rings. The van der Waals surface area contributed by atoms with Gasteiger partial charge in [0.25, 0.3) is 0 Å². The molecule has 0 aliphatic carbocycles. The largest absolute Gasteiger partial charge is 0.248 e. The second-order valence-electron chi connectivity index (χ2n) is 3.76. The number of hydrogen-bond donors (Lipinski definition) is 0. The number of para-hydroxylation sites is 1. The first-order valence-corrected chi connectivity index (χ1v) is 5.35. The first kappa shape index (κ1) is 14.5. The highest BCUT2D eigenvalue weighted by Crippen LogP contribution is 2.20. The number of fused-ring (bicyclic) bond motifs is 1. The zero-order valence-corrected chi connectivity index (χ0v) is 11.2. The lowest BCUT2D eigenvalue weighted by Gasteiger charge is -2.02. The number of nitrogens with zero attached hydrogens (tertiary/aromatic N) is 1. The van der Waals surface area contributed by atoms with E-state index in [1.807, 2.05) is 36.4 Å². The topological polar surface area (TPSA) is 12.9 Å². The highest BCUT2D eigenvalue weighted by Gasteiger charge is 1.99. The van der Waals surface area contributed by atoms with Crippen molar-refractivity contribution in [2.45, 2.75) is 0 Å². The minimum absolute atomic E-state index is 0. The van der Waals surface area contributed by atoms with Crippen molar-refractivity contribution in [1.82, 2.24) is 4.98 Å². The predicted molar refractivity (Wildman–Crippen MR) is 81.7 cm³/mol. The molecule has 0 unspecified atom stereocenters. The van der Waals surface area contributed by atoms with Gasteiger partial charge in [-0.1, -0.05) is 54.6 Å². The Balaban J connectivity index is 0.000000810. The van der Waals surface area contributed by atoms with Crippen LogP contribution < -0.4 is 0 Å². The van der Waals surface area contributed by atoms with Crippen molar-refractivity contribution in [3.63, 3.8) is 0 Å².